The summed E-state index contributed by atoms with van der Waals surface area (Å²) in [5.74, 6) is 0.853. The molecule has 100 valence electrons. The third kappa shape index (κ3) is 3.70. The van der Waals surface area contributed by atoms with Crippen LogP contribution in [0.2, 0.25) is 0 Å². The van der Waals surface area contributed by atoms with E-state index < -0.39 is 0 Å². The monoisotopic (exact) mass is 251 g/mol. The van der Waals surface area contributed by atoms with Crippen LogP contribution >= 0.6 is 0 Å². The smallest absolute Gasteiger partial charge is 0.159 e. The number of nitrogens with two attached hydrogens (primary N) is 1. The lowest BCUT2D eigenvalue weighted by atomic mass is 10.0. The van der Waals surface area contributed by atoms with Gasteiger partial charge in [0.05, 0.1) is 19.3 Å². The van der Waals surface area contributed by atoms with Crippen LogP contribution in [0.25, 0.3) is 0 Å². The van der Waals surface area contributed by atoms with Crippen molar-refractivity contribution in [1.29, 1.82) is 0 Å². The maximum Gasteiger partial charge on any atom is 0.159 e. The zero-order chi connectivity index (χ0) is 13.0. The number of hydrogen-bond donors (Lipinski definition) is 1. The zero-order valence-electron chi connectivity index (χ0n) is 11.0. The fourth-order valence-corrected chi connectivity index (χ4v) is 1.98. The Balaban J connectivity index is 1.98. The average molecular weight is 251 g/mol. The van der Waals surface area contributed by atoms with Crippen molar-refractivity contribution in [1.82, 2.24) is 0 Å². The molecule has 0 amide bonds. The number of ether oxygens (including phenoxy) is 3. The Morgan fingerprint density at radius 2 is 2.06 bits per heavy atom. The van der Waals surface area contributed by atoms with Gasteiger partial charge in [0.2, 0.25) is 0 Å². The van der Waals surface area contributed by atoms with E-state index in [0.717, 1.165) is 11.3 Å². The molecular weight excluding hydrogens is 230 g/mol. The molecule has 1 aromatic rings. The summed E-state index contributed by atoms with van der Waals surface area (Å²) in [6, 6.07) is 7.80. The van der Waals surface area contributed by atoms with E-state index in [-0.39, 0.29) is 18.4 Å². The van der Waals surface area contributed by atoms with Gasteiger partial charge < -0.3 is 19.9 Å². The Hall–Kier alpha value is -1.10. The highest BCUT2D eigenvalue weighted by Gasteiger charge is 2.20. The maximum absolute atomic E-state index is 6.16. The van der Waals surface area contributed by atoms with Crippen LogP contribution < -0.4 is 10.5 Å². The summed E-state index contributed by atoms with van der Waals surface area (Å²) < 4.78 is 16.5. The van der Waals surface area contributed by atoms with E-state index in [9.17, 15) is 0 Å². The van der Waals surface area contributed by atoms with E-state index in [1.807, 2.05) is 38.1 Å². The lowest BCUT2D eigenvalue weighted by Gasteiger charge is -2.17. The lowest BCUT2D eigenvalue weighted by molar-refractivity contribution is -0.0507. The van der Waals surface area contributed by atoms with E-state index in [1.54, 1.807) is 0 Å². The summed E-state index contributed by atoms with van der Waals surface area (Å²) in [6.07, 6.45) is 0.665. The molecule has 0 saturated carbocycles. The van der Waals surface area contributed by atoms with Crippen molar-refractivity contribution in [2.24, 2.45) is 5.73 Å². The maximum atomic E-state index is 6.16. The summed E-state index contributed by atoms with van der Waals surface area (Å²) in [5.41, 5.74) is 7.21. The number of hydrogen-bond acceptors (Lipinski definition) is 4. The van der Waals surface area contributed by atoms with E-state index in [4.69, 9.17) is 19.9 Å². The Labute approximate surface area is 108 Å². The minimum Gasteiger partial charge on any atom is -0.491 e. The number of rotatable bonds is 5. The van der Waals surface area contributed by atoms with Gasteiger partial charge in [-0.15, -0.1) is 0 Å². The molecule has 0 radical (unpaired) electrons. The molecule has 1 heterocycles. The standard InChI is InChI=1S/C14H21NO3/c1-10(2)18-12-5-3-4-11(8-12)13(15)9-14-16-6-7-17-14/h3-5,8,10,13-14H,6-7,9,15H2,1-2H3. The summed E-state index contributed by atoms with van der Waals surface area (Å²) >= 11 is 0. The highest BCUT2D eigenvalue weighted by Crippen LogP contribution is 2.23. The van der Waals surface area contributed by atoms with Gasteiger partial charge in [-0.25, -0.2) is 0 Å². The van der Waals surface area contributed by atoms with E-state index in [0.29, 0.717) is 19.6 Å². The third-order valence-electron chi connectivity index (χ3n) is 2.80. The minimum atomic E-state index is -0.172. The van der Waals surface area contributed by atoms with Crippen LogP contribution in [0, 0.1) is 0 Å². The van der Waals surface area contributed by atoms with Gasteiger partial charge in [0, 0.05) is 12.5 Å². The SMILES string of the molecule is CC(C)Oc1cccc(C(N)CC2OCCO2)c1. The first kappa shape index (κ1) is 13.3. The van der Waals surface area contributed by atoms with Gasteiger partial charge in [-0.05, 0) is 31.5 Å². The van der Waals surface area contributed by atoms with Gasteiger partial charge in [-0.2, -0.15) is 0 Å². The van der Waals surface area contributed by atoms with Gasteiger partial charge in [-0.3, -0.25) is 0 Å². The molecule has 1 aliphatic heterocycles. The van der Waals surface area contributed by atoms with Crippen molar-refractivity contribution in [3.63, 3.8) is 0 Å². The fourth-order valence-electron chi connectivity index (χ4n) is 1.98. The predicted octanol–water partition coefficient (Wildman–Crippen LogP) is 2.24. The average Bonchev–Trinajstić information content (AvgIpc) is 2.81. The molecule has 1 unspecified atom stereocenters. The molecular formula is C14H21NO3. The molecule has 0 spiro atoms. The normalized spacial score (nSPS) is 18.2. The largest absolute Gasteiger partial charge is 0.491 e. The van der Waals surface area contributed by atoms with E-state index in [1.165, 1.54) is 0 Å². The van der Waals surface area contributed by atoms with Crippen molar-refractivity contribution >= 4 is 0 Å². The van der Waals surface area contributed by atoms with Gasteiger partial charge in [0.1, 0.15) is 5.75 Å². The van der Waals surface area contributed by atoms with Crippen LogP contribution in [0.15, 0.2) is 24.3 Å². The molecule has 1 fully saturated rings. The van der Waals surface area contributed by atoms with Gasteiger partial charge in [0.25, 0.3) is 0 Å². The molecule has 4 heteroatoms. The van der Waals surface area contributed by atoms with Crippen LogP contribution in [-0.4, -0.2) is 25.6 Å². The Morgan fingerprint density at radius 1 is 1.33 bits per heavy atom. The molecule has 0 aliphatic carbocycles. The molecule has 1 saturated heterocycles. The zero-order valence-corrected chi connectivity index (χ0v) is 11.0. The topological polar surface area (TPSA) is 53.7 Å². The highest BCUT2D eigenvalue weighted by molar-refractivity contribution is 5.30. The second-order valence-electron chi connectivity index (χ2n) is 4.75. The van der Waals surface area contributed by atoms with Crippen molar-refractivity contribution in [3.05, 3.63) is 29.8 Å². The molecule has 18 heavy (non-hydrogen) atoms. The highest BCUT2D eigenvalue weighted by atomic mass is 16.7. The van der Waals surface area contributed by atoms with Crippen LogP contribution in [0.4, 0.5) is 0 Å². The molecule has 0 bridgehead atoms. The van der Waals surface area contributed by atoms with Gasteiger partial charge in [0.15, 0.2) is 6.29 Å². The summed E-state index contributed by atoms with van der Waals surface area (Å²) in [7, 11) is 0. The minimum absolute atomic E-state index is 0.0937. The van der Waals surface area contributed by atoms with Crippen molar-refractivity contribution < 1.29 is 14.2 Å². The fraction of sp³-hybridized carbons (Fsp3) is 0.571. The van der Waals surface area contributed by atoms with Crippen LogP contribution in [-0.2, 0) is 9.47 Å². The van der Waals surface area contributed by atoms with Crippen LogP contribution in [0.1, 0.15) is 31.9 Å². The first-order valence-corrected chi connectivity index (χ1v) is 6.40. The molecule has 2 N–H and O–H groups in total. The Morgan fingerprint density at radius 3 is 2.72 bits per heavy atom. The van der Waals surface area contributed by atoms with Crippen molar-refractivity contribution in [2.75, 3.05) is 13.2 Å². The quantitative estimate of drug-likeness (QED) is 0.872. The summed E-state index contributed by atoms with van der Waals surface area (Å²) in [4.78, 5) is 0. The lowest BCUT2D eigenvalue weighted by Crippen LogP contribution is -2.19. The predicted molar refractivity (Wildman–Crippen MR) is 69.4 cm³/mol. The molecule has 2 rings (SSSR count). The summed E-state index contributed by atoms with van der Waals surface area (Å²) in [5, 5.41) is 0. The first-order chi connectivity index (χ1) is 8.65. The molecule has 1 aliphatic rings. The van der Waals surface area contributed by atoms with Gasteiger partial charge in [-0.1, -0.05) is 12.1 Å². The van der Waals surface area contributed by atoms with E-state index in [2.05, 4.69) is 0 Å². The second kappa shape index (κ2) is 6.18. The van der Waals surface area contributed by atoms with Crippen LogP contribution in [0.3, 0.4) is 0 Å². The van der Waals surface area contributed by atoms with Crippen molar-refractivity contribution in [2.45, 2.75) is 38.7 Å². The Kier molecular flexibility index (Phi) is 4.58. The molecule has 4 nitrogen and oxygen atoms in total. The molecule has 1 aromatic carbocycles. The second-order valence-corrected chi connectivity index (χ2v) is 4.75. The summed E-state index contributed by atoms with van der Waals surface area (Å²) in [6.45, 7) is 5.33. The van der Waals surface area contributed by atoms with Crippen molar-refractivity contribution in [3.8, 4) is 5.75 Å². The van der Waals surface area contributed by atoms with E-state index >= 15 is 0 Å². The van der Waals surface area contributed by atoms with Crippen LogP contribution in [0.5, 0.6) is 5.75 Å². The number of benzene rings is 1. The Bertz CT molecular complexity index is 375. The third-order valence-corrected chi connectivity index (χ3v) is 2.80. The molecule has 0 aromatic heterocycles. The first-order valence-electron chi connectivity index (χ1n) is 6.40. The van der Waals surface area contributed by atoms with Gasteiger partial charge >= 0.3 is 0 Å². The molecule has 1 atom stereocenters.